The van der Waals surface area contributed by atoms with E-state index in [2.05, 4.69) is 20.2 Å². The molecule has 4 nitrogen and oxygen atoms in total. The summed E-state index contributed by atoms with van der Waals surface area (Å²) in [7, 11) is 0. The summed E-state index contributed by atoms with van der Waals surface area (Å²) in [5, 5.41) is 2.11. The highest BCUT2D eigenvalue weighted by Gasteiger charge is 2.30. The molecule has 1 aromatic heterocycles. The Kier molecular flexibility index (Phi) is 4.13. The Hall–Kier alpha value is -0.940. The van der Waals surface area contributed by atoms with Crippen molar-refractivity contribution < 1.29 is 4.79 Å². The second-order valence-electron chi connectivity index (χ2n) is 5.56. The van der Waals surface area contributed by atoms with Crippen molar-refractivity contribution in [3.05, 3.63) is 16.6 Å². The molecular weight excluding hydrogens is 258 g/mol. The molecule has 0 bridgehead atoms. The molecule has 104 valence electrons. The quantitative estimate of drug-likeness (QED) is 0.849. The van der Waals surface area contributed by atoms with E-state index in [0.29, 0.717) is 11.8 Å². The van der Waals surface area contributed by atoms with E-state index >= 15 is 0 Å². The normalized spacial score (nSPS) is 22.0. The van der Waals surface area contributed by atoms with E-state index in [9.17, 15) is 4.79 Å². The molecule has 2 aliphatic rings. The Morgan fingerprint density at radius 1 is 1.26 bits per heavy atom. The van der Waals surface area contributed by atoms with Gasteiger partial charge >= 0.3 is 0 Å². The highest BCUT2D eigenvalue weighted by molar-refractivity contribution is 7.07. The van der Waals surface area contributed by atoms with Crippen molar-refractivity contribution in [2.45, 2.75) is 32.2 Å². The number of hydrogen-bond donors (Lipinski definition) is 0. The molecule has 1 aliphatic carbocycles. The van der Waals surface area contributed by atoms with E-state index < -0.39 is 0 Å². The summed E-state index contributed by atoms with van der Waals surface area (Å²) in [6, 6.07) is 0. The lowest BCUT2D eigenvalue weighted by atomic mass is 9.84. The zero-order chi connectivity index (χ0) is 13.1. The molecule has 1 amide bonds. The number of aromatic nitrogens is 1. The molecule has 0 aromatic carbocycles. The summed E-state index contributed by atoms with van der Waals surface area (Å²) < 4.78 is 0. The van der Waals surface area contributed by atoms with E-state index in [1.807, 2.05) is 5.51 Å². The molecule has 0 atom stereocenters. The second kappa shape index (κ2) is 6.01. The summed E-state index contributed by atoms with van der Waals surface area (Å²) in [5.41, 5.74) is 3.04. The first-order chi connectivity index (χ1) is 9.33. The molecule has 1 saturated heterocycles. The molecule has 0 N–H and O–H groups in total. The summed E-state index contributed by atoms with van der Waals surface area (Å²) in [6.45, 7) is 4.80. The van der Waals surface area contributed by atoms with Crippen LogP contribution in [0.3, 0.4) is 0 Å². The predicted molar refractivity (Wildman–Crippen MR) is 75.9 cm³/mol. The Bertz CT molecular complexity index is 416. The van der Waals surface area contributed by atoms with Crippen LogP contribution in [0.5, 0.6) is 0 Å². The fraction of sp³-hybridized carbons (Fsp3) is 0.714. The zero-order valence-corrected chi connectivity index (χ0v) is 12.1. The van der Waals surface area contributed by atoms with Gasteiger partial charge in [-0.2, -0.15) is 0 Å². The number of carbonyl (C=O) groups excluding carboxylic acids is 1. The Morgan fingerprint density at radius 2 is 2.16 bits per heavy atom. The van der Waals surface area contributed by atoms with Crippen molar-refractivity contribution in [1.82, 2.24) is 14.8 Å². The van der Waals surface area contributed by atoms with Gasteiger partial charge in [0, 0.05) is 44.0 Å². The molecular formula is C14H21N3OS. The molecule has 1 aliphatic heterocycles. The van der Waals surface area contributed by atoms with Gasteiger partial charge in [0.15, 0.2) is 0 Å². The lowest BCUT2D eigenvalue weighted by Crippen LogP contribution is -2.41. The Morgan fingerprint density at radius 3 is 2.84 bits per heavy atom. The van der Waals surface area contributed by atoms with Crippen LogP contribution in [0.4, 0.5) is 0 Å². The smallest absolute Gasteiger partial charge is 0.225 e. The van der Waals surface area contributed by atoms with Crippen molar-refractivity contribution in [1.29, 1.82) is 0 Å². The minimum absolute atomic E-state index is 0.338. The summed E-state index contributed by atoms with van der Waals surface area (Å²) in [5.74, 6) is 0.742. The van der Waals surface area contributed by atoms with Crippen molar-refractivity contribution >= 4 is 17.2 Å². The van der Waals surface area contributed by atoms with Crippen molar-refractivity contribution in [2.75, 3.05) is 26.2 Å². The average molecular weight is 279 g/mol. The molecule has 0 spiro atoms. The average Bonchev–Trinajstić information content (AvgIpc) is 2.72. The number of nitrogens with zero attached hydrogens (tertiary/aromatic N) is 3. The maximum atomic E-state index is 12.3. The molecule has 3 rings (SSSR count). The van der Waals surface area contributed by atoms with Gasteiger partial charge in [0.05, 0.1) is 11.2 Å². The van der Waals surface area contributed by atoms with Gasteiger partial charge in [0.2, 0.25) is 5.91 Å². The van der Waals surface area contributed by atoms with Gasteiger partial charge in [-0.1, -0.05) is 6.42 Å². The second-order valence-corrected chi connectivity index (χ2v) is 6.28. The van der Waals surface area contributed by atoms with Crippen molar-refractivity contribution in [3.8, 4) is 0 Å². The van der Waals surface area contributed by atoms with Crippen LogP contribution in [-0.2, 0) is 11.3 Å². The molecule has 0 unspecified atom stereocenters. The third-order valence-electron chi connectivity index (χ3n) is 4.22. The van der Waals surface area contributed by atoms with E-state index in [1.165, 1.54) is 6.42 Å². The number of thiazole rings is 1. The standard InChI is InChI=1S/C14H21N3OS/c18-14(12-3-1-4-12)17-6-2-5-16(7-8-17)9-13-10-19-11-15-13/h10-12H,1-9H2. The van der Waals surface area contributed by atoms with Gasteiger partial charge in [-0.25, -0.2) is 4.98 Å². The third kappa shape index (κ3) is 3.15. The van der Waals surface area contributed by atoms with Gasteiger partial charge in [-0.15, -0.1) is 11.3 Å². The molecule has 2 fully saturated rings. The number of hydrogen-bond acceptors (Lipinski definition) is 4. The largest absolute Gasteiger partial charge is 0.341 e. The van der Waals surface area contributed by atoms with Crippen LogP contribution in [0.25, 0.3) is 0 Å². The van der Waals surface area contributed by atoms with Gasteiger partial charge in [0.1, 0.15) is 0 Å². The highest BCUT2D eigenvalue weighted by atomic mass is 32.1. The first kappa shape index (κ1) is 13.1. The fourth-order valence-corrected chi connectivity index (χ4v) is 3.36. The van der Waals surface area contributed by atoms with Gasteiger partial charge in [-0.05, 0) is 19.3 Å². The van der Waals surface area contributed by atoms with E-state index in [-0.39, 0.29) is 0 Å². The third-order valence-corrected chi connectivity index (χ3v) is 4.86. The maximum Gasteiger partial charge on any atom is 0.225 e. The highest BCUT2D eigenvalue weighted by Crippen LogP contribution is 2.28. The van der Waals surface area contributed by atoms with Crippen molar-refractivity contribution in [2.24, 2.45) is 5.92 Å². The summed E-state index contributed by atoms with van der Waals surface area (Å²) in [4.78, 5) is 21.1. The number of amides is 1. The van der Waals surface area contributed by atoms with E-state index in [4.69, 9.17) is 0 Å². The minimum Gasteiger partial charge on any atom is -0.341 e. The number of rotatable bonds is 3. The monoisotopic (exact) mass is 279 g/mol. The minimum atomic E-state index is 0.338. The van der Waals surface area contributed by atoms with Gasteiger partial charge in [-0.3, -0.25) is 9.69 Å². The van der Waals surface area contributed by atoms with Crippen molar-refractivity contribution in [3.63, 3.8) is 0 Å². The maximum absolute atomic E-state index is 12.3. The molecule has 1 aromatic rings. The van der Waals surface area contributed by atoms with Crippen LogP contribution in [0.15, 0.2) is 10.9 Å². The number of carbonyl (C=O) groups is 1. The molecule has 1 saturated carbocycles. The summed E-state index contributed by atoms with van der Waals surface area (Å²) in [6.07, 6.45) is 4.54. The van der Waals surface area contributed by atoms with Crippen LogP contribution in [0.2, 0.25) is 0 Å². The Labute approximate surface area is 118 Å². The fourth-order valence-electron chi connectivity index (χ4n) is 2.81. The van der Waals surface area contributed by atoms with Gasteiger partial charge < -0.3 is 4.90 Å². The first-order valence-electron chi connectivity index (χ1n) is 7.21. The lowest BCUT2D eigenvalue weighted by Gasteiger charge is -2.31. The van der Waals surface area contributed by atoms with E-state index in [1.54, 1.807) is 11.3 Å². The van der Waals surface area contributed by atoms with Crippen LogP contribution in [-0.4, -0.2) is 46.9 Å². The lowest BCUT2D eigenvalue weighted by molar-refractivity contribution is -0.138. The predicted octanol–water partition coefficient (Wildman–Crippen LogP) is 1.98. The first-order valence-corrected chi connectivity index (χ1v) is 8.15. The topological polar surface area (TPSA) is 36.4 Å². The molecule has 5 heteroatoms. The van der Waals surface area contributed by atoms with Crippen LogP contribution in [0.1, 0.15) is 31.4 Å². The van der Waals surface area contributed by atoms with E-state index in [0.717, 1.165) is 57.7 Å². The molecule has 19 heavy (non-hydrogen) atoms. The van der Waals surface area contributed by atoms with Crippen LogP contribution < -0.4 is 0 Å². The zero-order valence-electron chi connectivity index (χ0n) is 11.3. The Balaban J connectivity index is 1.52. The van der Waals surface area contributed by atoms with Crippen LogP contribution >= 0.6 is 11.3 Å². The SMILES string of the molecule is O=C(C1CCC1)N1CCCN(Cc2cscn2)CC1. The summed E-state index contributed by atoms with van der Waals surface area (Å²) >= 11 is 1.65. The molecule has 2 heterocycles. The van der Waals surface area contributed by atoms with Gasteiger partial charge in [0.25, 0.3) is 0 Å². The molecule has 0 radical (unpaired) electrons. The van der Waals surface area contributed by atoms with Crippen LogP contribution in [0, 0.1) is 5.92 Å².